The second-order valence-electron chi connectivity index (χ2n) is 7.71. The van der Waals surface area contributed by atoms with Gasteiger partial charge in [0.25, 0.3) is 6.43 Å². The van der Waals surface area contributed by atoms with Crippen LogP contribution >= 0.6 is 23.2 Å². The Balaban J connectivity index is 1.50. The van der Waals surface area contributed by atoms with Crippen molar-refractivity contribution in [3.8, 4) is 0 Å². The molecule has 0 unspecified atom stereocenters. The zero-order valence-corrected chi connectivity index (χ0v) is 18.5. The Kier molecular flexibility index (Phi) is 6.03. The van der Waals surface area contributed by atoms with Gasteiger partial charge in [0.15, 0.2) is 0 Å². The molecule has 10 heteroatoms. The molecular weight excluding hydrogens is 447 g/mol. The van der Waals surface area contributed by atoms with Crippen molar-refractivity contribution in [1.29, 1.82) is 0 Å². The zero-order chi connectivity index (χ0) is 22.3. The molecule has 1 aliphatic carbocycles. The van der Waals surface area contributed by atoms with Crippen molar-refractivity contribution in [3.05, 3.63) is 62.6 Å². The van der Waals surface area contributed by atoms with E-state index in [-0.39, 0.29) is 24.1 Å². The summed E-state index contributed by atoms with van der Waals surface area (Å²) in [5, 5.41) is 12.4. The fourth-order valence-corrected chi connectivity index (χ4v) is 4.02. The van der Waals surface area contributed by atoms with E-state index in [4.69, 9.17) is 23.2 Å². The predicted molar refractivity (Wildman–Crippen MR) is 115 cm³/mol. The van der Waals surface area contributed by atoms with Crippen LogP contribution in [0.1, 0.15) is 53.5 Å². The van der Waals surface area contributed by atoms with E-state index < -0.39 is 6.43 Å². The largest absolute Gasteiger partial charge is 0.321 e. The van der Waals surface area contributed by atoms with Crippen LogP contribution in [0.25, 0.3) is 0 Å². The van der Waals surface area contributed by atoms with E-state index in [9.17, 15) is 13.6 Å². The molecule has 0 atom stereocenters. The van der Waals surface area contributed by atoms with E-state index in [0.717, 1.165) is 24.1 Å². The number of aryl methyl sites for hydroxylation is 1. The number of nitrogens with one attached hydrogen (secondary N) is 1. The average molecular weight is 468 g/mol. The highest BCUT2D eigenvalue weighted by molar-refractivity contribution is 6.35. The molecule has 1 amide bonds. The first-order valence-corrected chi connectivity index (χ1v) is 10.6. The first-order valence-electron chi connectivity index (χ1n) is 9.86. The molecule has 1 aromatic carbocycles. The number of aromatic nitrogens is 4. The number of amides is 1. The summed E-state index contributed by atoms with van der Waals surface area (Å²) in [5.74, 6) is -0.149. The lowest BCUT2D eigenvalue weighted by atomic mass is 10.2. The van der Waals surface area contributed by atoms with Gasteiger partial charge in [0.05, 0.1) is 23.6 Å². The summed E-state index contributed by atoms with van der Waals surface area (Å²) in [6, 6.07) is 6.66. The van der Waals surface area contributed by atoms with E-state index in [1.165, 1.54) is 10.7 Å². The first-order chi connectivity index (χ1) is 14.7. The van der Waals surface area contributed by atoms with Gasteiger partial charge in [-0.3, -0.25) is 14.2 Å². The number of hydrogen-bond acceptors (Lipinski definition) is 3. The number of benzene rings is 1. The van der Waals surface area contributed by atoms with Crippen molar-refractivity contribution in [2.75, 3.05) is 5.32 Å². The number of halogens is 4. The van der Waals surface area contributed by atoms with Crippen LogP contribution in [0.2, 0.25) is 10.0 Å². The first kappa shape index (κ1) is 21.8. The summed E-state index contributed by atoms with van der Waals surface area (Å²) < 4.78 is 29.3. The maximum absolute atomic E-state index is 13.1. The third kappa shape index (κ3) is 4.75. The highest BCUT2D eigenvalue weighted by atomic mass is 35.5. The van der Waals surface area contributed by atoms with Gasteiger partial charge in [-0.25, -0.2) is 8.78 Å². The summed E-state index contributed by atoms with van der Waals surface area (Å²) in [4.78, 5) is 12.7. The topological polar surface area (TPSA) is 64.7 Å². The molecule has 2 heterocycles. The summed E-state index contributed by atoms with van der Waals surface area (Å²) >= 11 is 12.2. The summed E-state index contributed by atoms with van der Waals surface area (Å²) in [6.07, 6.45) is -0.813. The van der Waals surface area contributed by atoms with Crippen LogP contribution in [0.15, 0.2) is 24.3 Å². The van der Waals surface area contributed by atoms with Crippen LogP contribution < -0.4 is 5.32 Å². The van der Waals surface area contributed by atoms with E-state index in [1.807, 2.05) is 13.0 Å². The molecule has 0 bridgehead atoms. The normalized spacial score (nSPS) is 13.8. The highest BCUT2D eigenvalue weighted by Gasteiger charge is 2.30. The lowest BCUT2D eigenvalue weighted by Gasteiger charge is -2.10. The van der Waals surface area contributed by atoms with Gasteiger partial charge in [0.1, 0.15) is 12.2 Å². The van der Waals surface area contributed by atoms with Crippen molar-refractivity contribution in [3.63, 3.8) is 0 Å². The number of anilines is 1. The lowest BCUT2D eigenvalue weighted by molar-refractivity contribution is -0.117. The second kappa shape index (κ2) is 8.59. The maximum Gasteiger partial charge on any atom is 0.282 e. The number of carbonyl (C=O) groups excluding carboxylic acids is 1. The van der Waals surface area contributed by atoms with Gasteiger partial charge in [-0.2, -0.15) is 10.2 Å². The zero-order valence-electron chi connectivity index (χ0n) is 17.0. The Morgan fingerprint density at radius 2 is 1.94 bits per heavy atom. The third-order valence-corrected chi connectivity index (χ3v) is 5.91. The molecule has 4 rings (SSSR count). The van der Waals surface area contributed by atoms with Crippen molar-refractivity contribution < 1.29 is 13.6 Å². The van der Waals surface area contributed by atoms with Gasteiger partial charge in [-0.1, -0.05) is 29.3 Å². The van der Waals surface area contributed by atoms with Crippen LogP contribution in [0.3, 0.4) is 0 Å². The van der Waals surface area contributed by atoms with Gasteiger partial charge in [-0.05, 0) is 50.5 Å². The predicted octanol–water partition coefficient (Wildman–Crippen LogP) is 5.51. The van der Waals surface area contributed by atoms with Gasteiger partial charge in [0.2, 0.25) is 5.91 Å². The molecule has 2 aromatic heterocycles. The summed E-state index contributed by atoms with van der Waals surface area (Å²) in [7, 11) is 0. The molecule has 0 aliphatic heterocycles. The standard InChI is InChI=1S/C21H21Cl2F2N5O/c1-11-20(12(2)29(27-11)9-14-5-6-15(22)7-16(14)23)26-19(31)10-30-18(13-3-4-13)8-17(28-30)21(24)25/h5-8,13,21H,3-4,9-10H2,1-2H3,(H,26,31). The van der Waals surface area contributed by atoms with Gasteiger partial charge < -0.3 is 5.32 Å². The van der Waals surface area contributed by atoms with Crippen molar-refractivity contribution in [2.45, 2.75) is 52.1 Å². The van der Waals surface area contributed by atoms with Crippen LogP contribution in [-0.2, 0) is 17.9 Å². The van der Waals surface area contributed by atoms with Crippen molar-refractivity contribution in [1.82, 2.24) is 19.6 Å². The molecule has 6 nitrogen and oxygen atoms in total. The third-order valence-electron chi connectivity index (χ3n) is 5.32. The Labute approximate surface area is 188 Å². The van der Waals surface area contributed by atoms with E-state index in [1.54, 1.807) is 23.7 Å². The maximum atomic E-state index is 13.1. The molecule has 164 valence electrons. The monoisotopic (exact) mass is 467 g/mol. The molecule has 3 aromatic rings. The SMILES string of the molecule is Cc1nn(Cc2ccc(Cl)cc2Cl)c(C)c1NC(=O)Cn1nc(C(F)F)cc1C1CC1. The minimum absolute atomic E-state index is 0.133. The van der Waals surface area contributed by atoms with Crippen LogP contribution in [0.5, 0.6) is 0 Å². The van der Waals surface area contributed by atoms with Gasteiger partial charge >= 0.3 is 0 Å². The van der Waals surface area contributed by atoms with E-state index in [2.05, 4.69) is 15.5 Å². The molecule has 0 saturated heterocycles. The molecular formula is C21H21Cl2F2N5O. The number of rotatable bonds is 7. The Morgan fingerprint density at radius 1 is 1.19 bits per heavy atom. The van der Waals surface area contributed by atoms with Gasteiger partial charge in [-0.15, -0.1) is 0 Å². The van der Waals surface area contributed by atoms with Crippen molar-refractivity contribution in [2.24, 2.45) is 0 Å². The number of alkyl halides is 2. The van der Waals surface area contributed by atoms with Crippen LogP contribution in [0, 0.1) is 13.8 Å². The minimum atomic E-state index is -2.66. The highest BCUT2D eigenvalue weighted by Crippen LogP contribution is 2.41. The fraction of sp³-hybridized carbons (Fsp3) is 0.381. The number of nitrogens with zero attached hydrogens (tertiary/aromatic N) is 4. The van der Waals surface area contributed by atoms with E-state index >= 15 is 0 Å². The molecule has 1 saturated carbocycles. The summed E-state index contributed by atoms with van der Waals surface area (Å²) in [5.41, 5.74) is 3.23. The molecule has 0 spiro atoms. The number of hydrogen-bond donors (Lipinski definition) is 1. The molecule has 1 N–H and O–H groups in total. The fourth-order valence-electron chi connectivity index (χ4n) is 3.55. The van der Waals surface area contributed by atoms with Crippen LogP contribution in [-0.4, -0.2) is 25.5 Å². The van der Waals surface area contributed by atoms with Crippen molar-refractivity contribution >= 4 is 34.8 Å². The summed E-state index contributed by atoms with van der Waals surface area (Å²) in [6.45, 7) is 3.92. The number of carbonyl (C=O) groups is 1. The molecule has 0 radical (unpaired) electrons. The Hall–Kier alpha value is -2.45. The molecule has 1 aliphatic rings. The van der Waals surface area contributed by atoms with E-state index in [0.29, 0.717) is 33.7 Å². The molecule has 31 heavy (non-hydrogen) atoms. The van der Waals surface area contributed by atoms with Crippen LogP contribution in [0.4, 0.5) is 14.5 Å². The Morgan fingerprint density at radius 3 is 2.58 bits per heavy atom. The molecule has 1 fully saturated rings. The minimum Gasteiger partial charge on any atom is -0.321 e. The quantitative estimate of drug-likeness (QED) is 0.498. The van der Waals surface area contributed by atoms with Gasteiger partial charge in [0, 0.05) is 21.7 Å². The average Bonchev–Trinajstić information content (AvgIpc) is 3.41. The Bertz CT molecular complexity index is 1140. The second-order valence-corrected chi connectivity index (χ2v) is 8.56. The smallest absolute Gasteiger partial charge is 0.282 e. The lowest BCUT2D eigenvalue weighted by Crippen LogP contribution is -2.21.